The number of halogens is 1. The van der Waals surface area contributed by atoms with E-state index in [9.17, 15) is 9.59 Å². The third-order valence-corrected chi connectivity index (χ3v) is 4.96. The fourth-order valence-electron chi connectivity index (χ4n) is 2.95. The average molecular weight is 422 g/mol. The summed E-state index contributed by atoms with van der Waals surface area (Å²) in [7, 11) is 0. The minimum atomic E-state index is -0.182. The van der Waals surface area contributed by atoms with Crippen molar-refractivity contribution >= 4 is 34.8 Å². The molecule has 1 atom stereocenters. The molecule has 0 aromatic heterocycles. The van der Waals surface area contributed by atoms with E-state index in [2.05, 4.69) is 16.0 Å². The van der Waals surface area contributed by atoms with Gasteiger partial charge in [-0.05, 0) is 61.4 Å². The molecule has 0 aliphatic carbocycles. The molecular formula is C24H24ClN3O2. The van der Waals surface area contributed by atoms with E-state index in [0.717, 1.165) is 16.8 Å². The molecule has 3 rings (SSSR count). The van der Waals surface area contributed by atoms with E-state index in [1.54, 1.807) is 36.4 Å². The molecule has 1 unspecified atom stereocenters. The van der Waals surface area contributed by atoms with Crippen molar-refractivity contribution in [3.63, 3.8) is 0 Å². The Bertz CT molecular complexity index is 1020. The first kappa shape index (κ1) is 21.4. The zero-order valence-corrected chi connectivity index (χ0v) is 17.7. The van der Waals surface area contributed by atoms with Gasteiger partial charge in [0.1, 0.15) is 0 Å². The van der Waals surface area contributed by atoms with Crippen molar-refractivity contribution in [1.29, 1.82) is 0 Å². The van der Waals surface area contributed by atoms with Crippen LogP contribution in [0.3, 0.4) is 0 Å². The Morgan fingerprint density at radius 1 is 0.967 bits per heavy atom. The first-order valence-corrected chi connectivity index (χ1v) is 10.1. The van der Waals surface area contributed by atoms with Gasteiger partial charge in [0.15, 0.2) is 0 Å². The third kappa shape index (κ3) is 5.84. The summed E-state index contributed by atoms with van der Waals surface area (Å²) in [6, 6.07) is 22.1. The molecule has 0 bridgehead atoms. The number of hydrogen-bond donors (Lipinski definition) is 3. The fraction of sp³-hybridized carbons (Fsp3) is 0.167. The molecule has 6 heteroatoms. The van der Waals surface area contributed by atoms with E-state index >= 15 is 0 Å². The van der Waals surface area contributed by atoms with Crippen molar-refractivity contribution in [3.8, 4) is 0 Å². The summed E-state index contributed by atoms with van der Waals surface area (Å²) in [5, 5.41) is 9.45. The van der Waals surface area contributed by atoms with Crippen LogP contribution in [0, 0.1) is 6.92 Å². The van der Waals surface area contributed by atoms with E-state index in [1.807, 2.05) is 50.2 Å². The van der Waals surface area contributed by atoms with Crippen molar-refractivity contribution < 1.29 is 9.59 Å². The zero-order chi connectivity index (χ0) is 21.5. The average Bonchev–Trinajstić information content (AvgIpc) is 2.75. The highest BCUT2D eigenvalue weighted by Gasteiger charge is 2.11. The molecule has 0 saturated carbocycles. The second-order valence-corrected chi connectivity index (χ2v) is 7.48. The maximum Gasteiger partial charge on any atom is 0.251 e. The van der Waals surface area contributed by atoms with Crippen LogP contribution in [-0.2, 0) is 4.79 Å². The molecule has 3 N–H and O–H groups in total. The summed E-state index contributed by atoms with van der Waals surface area (Å²) < 4.78 is 0. The third-order valence-electron chi connectivity index (χ3n) is 4.72. The van der Waals surface area contributed by atoms with Crippen LogP contribution in [0.2, 0.25) is 5.02 Å². The first-order chi connectivity index (χ1) is 14.4. The molecule has 5 nitrogen and oxygen atoms in total. The predicted molar refractivity (Wildman–Crippen MR) is 122 cm³/mol. The number of nitrogens with one attached hydrogen (secondary N) is 3. The maximum absolute atomic E-state index is 12.5. The van der Waals surface area contributed by atoms with E-state index in [1.165, 1.54) is 0 Å². The SMILES string of the molecule is Cc1ccc(Cl)cc1NC(=O)CNc1ccc(C(=O)NC(C)c2ccccc2)cc1. The molecule has 2 amide bonds. The van der Waals surface area contributed by atoms with Gasteiger partial charge in [-0.2, -0.15) is 0 Å². The van der Waals surface area contributed by atoms with Crippen LogP contribution >= 0.6 is 11.6 Å². The van der Waals surface area contributed by atoms with Gasteiger partial charge >= 0.3 is 0 Å². The number of aryl methyl sites for hydroxylation is 1. The number of carbonyl (C=O) groups is 2. The van der Waals surface area contributed by atoms with Crippen LogP contribution in [0.1, 0.15) is 34.5 Å². The lowest BCUT2D eigenvalue weighted by Gasteiger charge is -2.14. The Kier molecular flexibility index (Phi) is 7.09. The summed E-state index contributed by atoms with van der Waals surface area (Å²) in [6.07, 6.45) is 0. The molecule has 0 spiro atoms. The predicted octanol–water partition coefficient (Wildman–Crippen LogP) is 5.19. The molecule has 3 aromatic rings. The molecule has 30 heavy (non-hydrogen) atoms. The number of hydrogen-bond acceptors (Lipinski definition) is 3. The minimum absolute atomic E-state index is 0.0878. The van der Waals surface area contributed by atoms with Gasteiger partial charge in [-0.15, -0.1) is 0 Å². The maximum atomic E-state index is 12.5. The van der Waals surface area contributed by atoms with Crippen molar-refractivity contribution in [2.75, 3.05) is 17.2 Å². The van der Waals surface area contributed by atoms with Gasteiger partial charge in [0, 0.05) is 22.0 Å². The molecule has 0 aliphatic heterocycles. The molecule has 0 radical (unpaired) electrons. The van der Waals surface area contributed by atoms with Gasteiger partial charge in [-0.25, -0.2) is 0 Å². The highest BCUT2D eigenvalue weighted by Crippen LogP contribution is 2.20. The monoisotopic (exact) mass is 421 g/mol. The summed E-state index contributed by atoms with van der Waals surface area (Å²) >= 11 is 5.98. The normalized spacial score (nSPS) is 11.4. The molecule has 0 fully saturated rings. The lowest BCUT2D eigenvalue weighted by molar-refractivity contribution is -0.114. The smallest absolute Gasteiger partial charge is 0.251 e. The van der Waals surface area contributed by atoms with Crippen LogP contribution in [0.5, 0.6) is 0 Å². The van der Waals surface area contributed by atoms with Crippen molar-refractivity contribution in [2.24, 2.45) is 0 Å². The van der Waals surface area contributed by atoms with Crippen LogP contribution < -0.4 is 16.0 Å². The van der Waals surface area contributed by atoms with Gasteiger partial charge in [0.05, 0.1) is 12.6 Å². The largest absolute Gasteiger partial charge is 0.376 e. The summed E-state index contributed by atoms with van der Waals surface area (Å²) in [5.74, 6) is -0.328. The fourth-order valence-corrected chi connectivity index (χ4v) is 3.12. The van der Waals surface area contributed by atoms with Crippen LogP contribution in [0.15, 0.2) is 72.8 Å². The first-order valence-electron chi connectivity index (χ1n) is 9.68. The lowest BCUT2D eigenvalue weighted by atomic mass is 10.1. The summed E-state index contributed by atoms with van der Waals surface area (Å²) in [4.78, 5) is 24.7. The van der Waals surface area contributed by atoms with Gasteiger partial charge < -0.3 is 16.0 Å². The van der Waals surface area contributed by atoms with E-state index in [0.29, 0.717) is 16.3 Å². The number of rotatable bonds is 7. The van der Waals surface area contributed by atoms with Crippen LogP contribution in [0.4, 0.5) is 11.4 Å². The van der Waals surface area contributed by atoms with Gasteiger partial charge in [0.2, 0.25) is 5.91 Å². The Morgan fingerprint density at radius 2 is 1.67 bits per heavy atom. The Hall–Kier alpha value is -3.31. The molecule has 0 aliphatic rings. The highest BCUT2D eigenvalue weighted by atomic mass is 35.5. The van der Waals surface area contributed by atoms with Crippen LogP contribution in [0.25, 0.3) is 0 Å². The highest BCUT2D eigenvalue weighted by molar-refractivity contribution is 6.31. The van der Waals surface area contributed by atoms with Crippen LogP contribution in [-0.4, -0.2) is 18.4 Å². The van der Waals surface area contributed by atoms with E-state index in [-0.39, 0.29) is 24.4 Å². The number of benzene rings is 3. The topological polar surface area (TPSA) is 70.2 Å². The number of carbonyl (C=O) groups excluding carboxylic acids is 2. The lowest BCUT2D eigenvalue weighted by Crippen LogP contribution is -2.26. The summed E-state index contributed by atoms with van der Waals surface area (Å²) in [5.41, 5.74) is 3.98. The second-order valence-electron chi connectivity index (χ2n) is 7.04. The minimum Gasteiger partial charge on any atom is -0.376 e. The second kappa shape index (κ2) is 9.94. The standard InChI is InChI=1S/C24H24ClN3O2/c1-16-8-11-20(25)14-22(16)28-23(29)15-26-21-12-9-19(10-13-21)24(30)27-17(2)18-6-4-3-5-7-18/h3-14,17,26H,15H2,1-2H3,(H,27,30)(H,28,29). The van der Waals surface area contributed by atoms with Crippen molar-refractivity contribution in [2.45, 2.75) is 19.9 Å². The number of anilines is 2. The van der Waals surface area contributed by atoms with Crippen molar-refractivity contribution in [3.05, 3.63) is 94.5 Å². The van der Waals surface area contributed by atoms with E-state index in [4.69, 9.17) is 11.6 Å². The quantitative estimate of drug-likeness (QED) is 0.491. The molecule has 154 valence electrons. The molecule has 3 aromatic carbocycles. The summed E-state index contributed by atoms with van der Waals surface area (Å²) in [6.45, 7) is 3.95. The molecular weight excluding hydrogens is 398 g/mol. The van der Waals surface area contributed by atoms with E-state index < -0.39 is 0 Å². The van der Waals surface area contributed by atoms with Gasteiger partial charge in [-0.3, -0.25) is 9.59 Å². The zero-order valence-electron chi connectivity index (χ0n) is 16.9. The van der Waals surface area contributed by atoms with Gasteiger partial charge in [0.25, 0.3) is 5.91 Å². The number of amides is 2. The Labute approximate surface area is 181 Å². The van der Waals surface area contributed by atoms with Gasteiger partial charge in [-0.1, -0.05) is 48.0 Å². The Morgan fingerprint density at radius 3 is 2.37 bits per heavy atom. The van der Waals surface area contributed by atoms with Crippen molar-refractivity contribution in [1.82, 2.24) is 5.32 Å². The molecule has 0 heterocycles. The Balaban J connectivity index is 1.52. The molecule has 0 saturated heterocycles.